The van der Waals surface area contributed by atoms with E-state index in [-0.39, 0.29) is 11.9 Å². The summed E-state index contributed by atoms with van der Waals surface area (Å²) < 4.78 is 11.0. The van der Waals surface area contributed by atoms with E-state index in [1.165, 1.54) is 4.90 Å². The zero-order valence-corrected chi connectivity index (χ0v) is 20.7. The van der Waals surface area contributed by atoms with E-state index in [9.17, 15) is 9.59 Å². The number of benzene rings is 2. The minimum atomic E-state index is -0.973. The third-order valence-electron chi connectivity index (χ3n) is 7.08. The van der Waals surface area contributed by atoms with Gasteiger partial charge in [0, 0.05) is 43.2 Å². The Bertz CT molecular complexity index is 1250. The Hall–Kier alpha value is -3.36. The molecule has 1 fully saturated rings. The molecule has 2 aromatic carbocycles. The zero-order chi connectivity index (χ0) is 24.7. The monoisotopic (exact) mass is 476 g/mol. The Kier molecular flexibility index (Phi) is 6.02. The number of aromatic amines is 1. The molecule has 35 heavy (non-hydrogen) atoms. The number of carbonyl (C=O) groups excluding carboxylic acids is 2. The number of urea groups is 1. The van der Waals surface area contributed by atoms with Crippen molar-refractivity contribution >= 4 is 22.8 Å². The zero-order valence-electron chi connectivity index (χ0n) is 20.7. The second-order valence-corrected chi connectivity index (χ2v) is 9.74. The third-order valence-corrected chi connectivity index (χ3v) is 7.08. The van der Waals surface area contributed by atoms with Crippen LogP contribution in [0.5, 0.6) is 5.75 Å². The molecule has 2 unspecified atom stereocenters. The lowest BCUT2D eigenvalue weighted by Crippen LogP contribution is -2.53. The van der Waals surface area contributed by atoms with Gasteiger partial charge in [0.1, 0.15) is 23.9 Å². The number of imide groups is 1. The summed E-state index contributed by atoms with van der Waals surface area (Å²) >= 11 is 0. The summed E-state index contributed by atoms with van der Waals surface area (Å²) in [5.41, 5.74) is 2.97. The lowest BCUT2D eigenvalue weighted by Gasteiger charge is -2.42. The molecule has 2 aliphatic rings. The molecule has 3 heterocycles. The average molecular weight is 477 g/mol. The van der Waals surface area contributed by atoms with E-state index >= 15 is 0 Å². The number of amides is 3. The van der Waals surface area contributed by atoms with Crippen LogP contribution in [-0.4, -0.2) is 84.7 Å². The molecule has 1 aromatic heterocycles. The quantitative estimate of drug-likeness (QED) is 0.398. The molecule has 8 heteroatoms. The predicted molar refractivity (Wildman–Crippen MR) is 134 cm³/mol. The van der Waals surface area contributed by atoms with E-state index in [1.54, 1.807) is 12.0 Å². The van der Waals surface area contributed by atoms with Gasteiger partial charge in [-0.1, -0.05) is 30.3 Å². The van der Waals surface area contributed by atoms with Crippen LogP contribution in [0, 0.1) is 0 Å². The molecule has 3 aromatic rings. The maximum atomic E-state index is 13.8. The molecular formula is C27H32N4O4. The second-order valence-electron chi connectivity index (χ2n) is 9.74. The molecule has 1 saturated heterocycles. The first kappa shape index (κ1) is 23.4. The SMILES string of the molecule is COCCOc1ccc2[nH]c3c(c2c1)CC1(C)C(=O)N(CCN(C)C)C(=O)N1C3c1ccccc1. The Morgan fingerprint density at radius 1 is 1.11 bits per heavy atom. The fraction of sp³-hybridized carbons (Fsp3) is 0.407. The summed E-state index contributed by atoms with van der Waals surface area (Å²) in [7, 11) is 5.53. The van der Waals surface area contributed by atoms with Gasteiger partial charge < -0.3 is 19.4 Å². The first-order chi connectivity index (χ1) is 16.8. The summed E-state index contributed by atoms with van der Waals surface area (Å²) in [5.74, 6) is 0.611. The topological polar surface area (TPSA) is 78.1 Å². The van der Waals surface area contributed by atoms with Gasteiger partial charge in [0.05, 0.1) is 6.61 Å². The molecule has 184 valence electrons. The highest BCUT2D eigenvalue weighted by Gasteiger charge is 2.60. The van der Waals surface area contributed by atoms with Crippen molar-refractivity contribution in [1.82, 2.24) is 19.7 Å². The average Bonchev–Trinajstić information content (AvgIpc) is 3.28. The number of rotatable bonds is 8. The van der Waals surface area contributed by atoms with Crippen molar-refractivity contribution in [3.05, 3.63) is 65.4 Å². The van der Waals surface area contributed by atoms with Gasteiger partial charge in [-0.3, -0.25) is 14.6 Å². The molecular weight excluding hydrogens is 444 g/mol. The van der Waals surface area contributed by atoms with Crippen LogP contribution >= 0.6 is 0 Å². The minimum absolute atomic E-state index is 0.141. The van der Waals surface area contributed by atoms with Gasteiger partial charge in [-0.15, -0.1) is 0 Å². The van der Waals surface area contributed by atoms with E-state index < -0.39 is 11.6 Å². The number of fused-ring (bicyclic) bond motifs is 4. The van der Waals surface area contributed by atoms with Crippen LogP contribution in [0.3, 0.4) is 0 Å². The van der Waals surface area contributed by atoms with E-state index in [4.69, 9.17) is 9.47 Å². The number of methoxy groups -OCH3 is 1. The molecule has 0 spiro atoms. The van der Waals surface area contributed by atoms with Crippen molar-refractivity contribution < 1.29 is 19.1 Å². The molecule has 5 rings (SSSR count). The van der Waals surface area contributed by atoms with Gasteiger partial charge in [-0.05, 0) is 50.3 Å². The van der Waals surface area contributed by atoms with Crippen molar-refractivity contribution in [2.24, 2.45) is 0 Å². The van der Waals surface area contributed by atoms with Gasteiger partial charge in [0.15, 0.2) is 0 Å². The fourth-order valence-electron chi connectivity index (χ4n) is 5.30. The lowest BCUT2D eigenvalue weighted by atomic mass is 9.81. The summed E-state index contributed by atoms with van der Waals surface area (Å²) in [6.07, 6.45) is 0.441. The molecule has 0 aliphatic carbocycles. The normalized spacial score (nSPS) is 21.7. The van der Waals surface area contributed by atoms with Crippen molar-refractivity contribution in [2.45, 2.75) is 24.9 Å². The molecule has 0 radical (unpaired) electrons. The van der Waals surface area contributed by atoms with E-state index in [2.05, 4.69) is 4.98 Å². The van der Waals surface area contributed by atoms with Crippen molar-refractivity contribution in [1.29, 1.82) is 0 Å². The third kappa shape index (κ3) is 3.86. The highest BCUT2D eigenvalue weighted by Crippen LogP contribution is 2.48. The summed E-state index contributed by atoms with van der Waals surface area (Å²) in [5, 5.41) is 1.02. The fourth-order valence-corrected chi connectivity index (χ4v) is 5.30. The van der Waals surface area contributed by atoms with E-state index in [1.807, 2.05) is 74.4 Å². The summed E-state index contributed by atoms with van der Waals surface area (Å²) in [4.78, 5) is 36.3. The number of ether oxygens (including phenoxy) is 2. The van der Waals surface area contributed by atoms with Crippen molar-refractivity contribution in [3.8, 4) is 5.75 Å². The lowest BCUT2D eigenvalue weighted by molar-refractivity contribution is -0.133. The Morgan fingerprint density at radius 3 is 2.60 bits per heavy atom. The molecule has 1 N–H and O–H groups in total. The number of carbonyl (C=O) groups is 2. The Balaban J connectivity index is 1.63. The van der Waals surface area contributed by atoms with Gasteiger partial charge in [0.2, 0.25) is 0 Å². The van der Waals surface area contributed by atoms with Gasteiger partial charge >= 0.3 is 6.03 Å². The number of nitrogens with zero attached hydrogens (tertiary/aromatic N) is 3. The smallest absolute Gasteiger partial charge is 0.328 e. The number of aromatic nitrogens is 1. The summed E-state index contributed by atoms with van der Waals surface area (Å²) in [6.45, 7) is 3.85. The van der Waals surface area contributed by atoms with Crippen LogP contribution in [0.4, 0.5) is 4.79 Å². The van der Waals surface area contributed by atoms with Crippen LogP contribution < -0.4 is 4.74 Å². The number of hydrogen-bond donors (Lipinski definition) is 1. The van der Waals surface area contributed by atoms with E-state index in [0.717, 1.165) is 33.5 Å². The van der Waals surface area contributed by atoms with Crippen LogP contribution in [0.2, 0.25) is 0 Å². The molecule has 2 atom stereocenters. The molecule has 3 amide bonds. The molecule has 8 nitrogen and oxygen atoms in total. The first-order valence-electron chi connectivity index (χ1n) is 12.0. The Morgan fingerprint density at radius 2 is 1.89 bits per heavy atom. The number of likely N-dealkylation sites (N-methyl/N-ethyl adjacent to an activating group) is 1. The van der Waals surface area contributed by atoms with Crippen molar-refractivity contribution in [3.63, 3.8) is 0 Å². The molecule has 0 saturated carbocycles. The highest BCUT2D eigenvalue weighted by atomic mass is 16.5. The largest absolute Gasteiger partial charge is 0.491 e. The highest BCUT2D eigenvalue weighted by molar-refractivity contribution is 6.08. The van der Waals surface area contributed by atoms with Crippen LogP contribution in [0.25, 0.3) is 10.9 Å². The summed E-state index contributed by atoms with van der Waals surface area (Å²) in [6, 6.07) is 15.3. The van der Waals surface area contributed by atoms with E-state index in [0.29, 0.717) is 32.7 Å². The van der Waals surface area contributed by atoms with Crippen LogP contribution in [-0.2, 0) is 16.0 Å². The molecule has 2 aliphatic heterocycles. The number of nitrogens with one attached hydrogen (secondary N) is 1. The maximum Gasteiger partial charge on any atom is 0.328 e. The maximum absolute atomic E-state index is 13.8. The Labute approximate surface area is 205 Å². The van der Waals surface area contributed by atoms with Gasteiger partial charge in [-0.2, -0.15) is 0 Å². The van der Waals surface area contributed by atoms with Gasteiger partial charge in [-0.25, -0.2) is 4.79 Å². The van der Waals surface area contributed by atoms with Crippen molar-refractivity contribution in [2.75, 3.05) is 47.5 Å². The second kappa shape index (κ2) is 9.02. The minimum Gasteiger partial charge on any atom is -0.491 e. The number of H-pyrrole nitrogens is 1. The first-order valence-corrected chi connectivity index (χ1v) is 12.0. The van der Waals surface area contributed by atoms with Crippen LogP contribution in [0.1, 0.15) is 29.8 Å². The van der Waals surface area contributed by atoms with Gasteiger partial charge in [0.25, 0.3) is 5.91 Å². The standard InChI is InChI=1S/C27H32N4O4/c1-27-17-21-20-16-19(35-15-14-34-4)10-11-22(20)28-23(21)24(18-8-6-5-7-9-18)31(27)26(33)30(25(27)32)13-12-29(2)3/h5-11,16,24,28H,12-15,17H2,1-4H3. The predicted octanol–water partition coefficient (Wildman–Crippen LogP) is 3.42. The molecule has 0 bridgehead atoms. The number of hydrogen-bond acceptors (Lipinski definition) is 5. The van der Waals surface area contributed by atoms with Crippen LogP contribution in [0.15, 0.2) is 48.5 Å².